The summed E-state index contributed by atoms with van der Waals surface area (Å²) in [4.78, 5) is 27.8. The summed E-state index contributed by atoms with van der Waals surface area (Å²) in [6.07, 6.45) is 1.74. The number of amidine groups is 1. The maximum atomic E-state index is 12.1. The molecule has 7 heteroatoms. The van der Waals surface area contributed by atoms with Crippen LogP contribution in [0.25, 0.3) is 6.08 Å². The number of nitrogens with zero attached hydrogens (tertiary/aromatic N) is 1. The van der Waals surface area contributed by atoms with Gasteiger partial charge in [0, 0.05) is 0 Å². The SMILES string of the molecule is NC(=O)COc1cccc(/C=C2\SC(=Nc3ccccc3)NC2=O)c1. The van der Waals surface area contributed by atoms with E-state index in [1.165, 1.54) is 11.8 Å². The number of thioether (sulfide) groups is 1. The van der Waals surface area contributed by atoms with E-state index in [1.54, 1.807) is 24.3 Å². The molecule has 25 heavy (non-hydrogen) atoms. The van der Waals surface area contributed by atoms with E-state index in [-0.39, 0.29) is 12.5 Å². The van der Waals surface area contributed by atoms with Crippen molar-refractivity contribution in [2.24, 2.45) is 10.7 Å². The Bertz CT molecular complexity index is 863. The first-order chi connectivity index (χ1) is 12.1. The van der Waals surface area contributed by atoms with Crippen LogP contribution in [0, 0.1) is 0 Å². The standard InChI is InChI=1S/C18H15N3O3S/c19-16(22)11-24-14-8-4-5-12(9-14)10-15-17(23)21-18(25-15)20-13-6-2-1-3-7-13/h1-10H,11H2,(H2,19,22)(H,20,21,23)/b15-10-. The molecule has 3 rings (SSSR count). The van der Waals surface area contributed by atoms with Gasteiger partial charge in [-0.25, -0.2) is 4.99 Å². The lowest BCUT2D eigenvalue weighted by molar-refractivity contribution is -0.120. The molecule has 1 aliphatic rings. The first-order valence-electron chi connectivity index (χ1n) is 7.46. The van der Waals surface area contributed by atoms with Gasteiger partial charge < -0.3 is 15.8 Å². The Kier molecular flexibility index (Phi) is 5.15. The number of hydrogen-bond donors (Lipinski definition) is 2. The van der Waals surface area contributed by atoms with E-state index < -0.39 is 5.91 Å². The molecule has 0 saturated carbocycles. The molecule has 1 saturated heterocycles. The van der Waals surface area contributed by atoms with Crippen LogP contribution in [0.3, 0.4) is 0 Å². The molecular weight excluding hydrogens is 338 g/mol. The van der Waals surface area contributed by atoms with Crippen molar-refractivity contribution in [3.8, 4) is 5.75 Å². The maximum absolute atomic E-state index is 12.1. The molecule has 0 atom stereocenters. The highest BCUT2D eigenvalue weighted by Crippen LogP contribution is 2.28. The highest BCUT2D eigenvalue weighted by atomic mass is 32.2. The van der Waals surface area contributed by atoms with E-state index in [0.717, 1.165) is 11.3 Å². The molecule has 1 fully saturated rings. The van der Waals surface area contributed by atoms with Crippen LogP contribution in [0.2, 0.25) is 0 Å². The monoisotopic (exact) mass is 353 g/mol. The third kappa shape index (κ3) is 4.71. The van der Waals surface area contributed by atoms with Crippen LogP contribution in [0.5, 0.6) is 5.75 Å². The van der Waals surface area contributed by atoms with Gasteiger partial charge in [-0.1, -0.05) is 30.3 Å². The number of amides is 2. The Morgan fingerprint density at radius 2 is 2.00 bits per heavy atom. The van der Waals surface area contributed by atoms with Gasteiger partial charge >= 0.3 is 0 Å². The van der Waals surface area contributed by atoms with Crippen molar-refractivity contribution in [1.82, 2.24) is 5.32 Å². The van der Waals surface area contributed by atoms with Gasteiger partial charge in [0.05, 0.1) is 10.6 Å². The van der Waals surface area contributed by atoms with Crippen molar-refractivity contribution in [3.05, 3.63) is 65.1 Å². The molecule has 126 valence electrons. The molecule has 0 radical (unpaired) electrons. The van der Waals surface area contributed by atoms with Crippen LogP contribution in [0.4, 0.5) is 5.69 Å². The van der Waals surface area contributed by atoms with Crippen molar-refractivity contribution in [2.75, 3.05) is 6.61 Å². The van der Waals surface area contributed by atoms with E-state index in [2.05, 4.69) is 10.3 Å². The minimum atomic E-state index is -0.545. The van der Waals surface area contributed by atoms with Gasteiger partial charge in [0.15, 0.2) is 11.8 Å². The number of primary amides is 1. The molecule has 6 nitrogen and oxygen atoms in total. The normalized spacial score (nSPS) is 16.9. The average Bonchev–Trinajstić information content (AvgIpc) is 2.93. The van der Waals surface area contributed by atoms with E-state index in [4.69, 9.17) is 10.5 Å². The topological polar surface area (TPSA) is 93.8 Å². The van der Waals surface area contributed by atoms with Gasteiger partial charge in [-0.15, -0.1) is 0 Å². The van der Waals surface area contributed by atoms with Crippen LogP contribution in [0.1, 0.15) is 5.56 Å². The number of carbonyl (C=O) groups excluding carboxylic acids is 2. The molecule has 0 aromatic heterocycles. The number of rotatable bonds is 5. The zero-order valence-electron chi connectivity index (χ0n) is 13.1. The number of carbonyl (C=O) groups is 2. The Balaban J connectivity index is 1.75. The minimum absolute atomic E-state index is 0.191. The maximum Gasteiger partial charge on any atom is 0.264 e. The lowest BCUT2D eigenvalue weighted by atomic mass is 10.2. The molecule has 0 unspecified atom stereocenters. The fraction of sp³-hybridized carbons (Fsp3) is 0.0556. The molecule has 0 aliphatic carbocycles. The summed E-state index contributed by atoms with van der Waals surface area (Å²) in [5.41, 5.74) is 6.61. The summed E-state index contributed by atoms with van der Waals surface area (Å²) in [5, 5.41) is 3.27. The van der Waals surface area contributed by atoms with Gasteiger partial charge in [-0.2, -0.15) is 0 Å². The highest BCUT2D eigenvalue weighted by molar-refractivity contribution is 8.18. The molecule has 1 heterocycles. The van der Waals surface area contributed by atoms with E-state index >= 15 is 0 Å². The van der Waals surface area contributed by atoms with Gasteiger partial charge in [0.1, 0.15) is 5.75 Å². The number of nitrogens with two attached hydrogens (primary N) is 1. The second kappa shape index (κ2) is 7.67. The van der Waals surface area contributed by atoms with E-state index in [0.29, 0.717) is 15.8 Å². The number of ether oxygens (including phenoxy) is 1. The Morgan fingerprint density at radius 1 is 1.20 bits per heavy atom. The second-order valence-corrected chi connectivity index (χ2v) is 6.18. The van der Waals surface area contributed by atoms with Crippen LogP contribution >= 0.6 is 11.8 Å². The smallest absolute Gasteiger partial charge is 0.264 e. The lowest BCUT2D eigenvalue weighted by Gasteiger charge is -2.04. The molecule has 2 aromatic carbocycles. The first kappa shape index (κ1) is 16.8. The molecular formula is C18H15N3O3S. The van der Waals surface area contributed by atoms with Gasteiger partial charge in [-0.3, -0.25) is 9.59 Å². The van der Waals surface area contributed by atoms with Gasteiger partial charge in [0.25, 0.3) is 11.8 Å². The third-order valence-electron chi connectivity index (χ3n) is 3.17. The Labute approximate surface area is 148 Å². The summed E-state index contributed by atoms with van der Waals surface area (Å²) < 4.78 is 5.26. The molecule has 3 N–H and O–H groups in total. The fourth-order valence-electron chi connectivity index (χ4n) is 2.10. The van der Waals surface area contributed by atoms with Crippen molar-refractivity contribution in [2.45, 2.75) is 0 Å². The molecule has 1 aliphatic heterocycles. The summed E-state index contributed by atoms with van der Waals surface area (Å²) >= 11 is 1.27. The van der Waals surface area contributed by atoms with Crippen molar-refractivity contribution < 1.29 is 14.3 Å². The summed E-state index contributed by atoms with van der Waals surface area (Å²) in [5.74, 6) is -0.242. The molecule has 2 amide bonds. The predicted molar refractivity (Wildman–Crippen MR) is 98.4 cm³/mol. The zero-order valence-corrected chi connectivity index (χ0v) is 14.0. The Hall–Kier alpha value is -3.06. The highest BCUT2D eigenvalue weighted by Gasteiger charge is 2.23. The predicted octanol–water partition coefficient (Wildman–Crippen LogP) is 2.44. The average molecular weight is 353 g/mol. The number of aliphatic imine (C=N–C) groups is 1. The third-order valence-corrected chi connectivity index (χ3v) is 4.08. The van der Waals surface area contributed by atoms with Crippen LogP contribution in [0.15, 0.2) is 64.5 Å². The zero-order chi connectivity index (χ0) is 17.6. The number of para-hydroxylation sites is 1. The largest absolute Gasteiger partial charge is 0.484 e. The van der Waals surface area contributed by atoms with E-state index in [9.17, 15) is 9.59 Å². The van der Waals surface area contributed by atoms with Crippen LogP contribution < -0.4 is 15.8 Å². The van der Waals surface area contributed by atoms with Gasteiger partial charge in [-0.05, 0) is 47.7 Å². The summed E-state index contributed by atoms with van der Waals surface area (Å²) in [6, 6.07) is 16.5. The minimum Gasteiger partial charge on any atom is -0.484 e. The Morgan fingerprint density at radius 3 is 2.76 bits per heavy atom. The summed E-state index contributed by atoms with van der Waals surface area (Å²) in [7, 11) is 0. The van der Waals surface area contributed by atoms with Crippen molar-refractivity contribution in [3.63, 3.8) is 0 Å². The van der Waals surface area contributed by atoms with Crippen molar-refractivity contribution in [1.29, 1.82) is 0 Å². The summed E-state index contributed by atoms with van der Waals surface area (Å²) in [6.45, 7) is -0.191. The fourth-order valence-corrected chi connectivity index (χ4v) is 2.94. The number of benzene rings is 2. The molecule has 0 spiro atoms. The lowest BCUT2D eigenvalue weighted by Crippen LogP contribution is -2.20. The molecule has 2 aromatic rings. The van der Waals surface area contributed by atoms with Crippen LogP contribution in [-0.2, 0) is 9.59 Å². The second-order valence-electron chi connectivity index (χ2n) is 5.14. The van der Waals surface area contributed by atoms with Crippen LogP contribution in [-0.4, -0.2) is 23.6 Å². The van der Waals surface area contributed by atoms with E-state index in [1.807, 2.05) is 36.4 Å². The quantitative estimate of drug-likeness (QED) is 0.807. The number of hydrogen-bond acceptors (Lipinski definition) is 5. The molecule has 0 bridgehead atoms. The first-order valence-corrected chi connectivity index (χ1v) is 8.27. The van der Waals surface area contributed by atoms with Gasteiger partial charge in [0.2, 0.25) is 0 Å². The number of nitrogens with one attached hydrogen (secondary N) is 1. The van der Waals surface area contributed by atoms with Crippen molar-refractivity contribution >= 4 is 40.5 Å².